The van der Waals surface area contributed by atoms with E-state index in [1.54, 1.807) is 12.1 Å². The van der Waals surface area contributed by atoms with E-state index in [0.29, 0.717) is 21.3 Å². The molecule has 0 atom stereocenters. The Morgan fingerprint density at radius 2 is 2.18 bits per heavy atom. The number of nitrogens with zero attached hydrogens (tertiary/aromatic N) is 2. The van der Waals surface area contributed by atoms with Crippen LogP contribution in [0.25, 0.3) is 11.0 Å². The molecule has 8 heteroatoms. The van der Waals surface area contributed by atoms with Crippen LogP contribution in [0, 0.1) is 6.92 Å². The van der Waals surface area contributed by atoms with Gasteiger partial charge in [-0.05, 0) is 30.9 Å². The summed E-state index contributed by atoms with van der Waals surface area (Å²) in [4.78, 5) is 28.3. The summed E-state index contributed by atoms with van der Waals surface area (Å²) < 4.78 is 9.58. The highest BCUT2D eigenvalue weighted by molar-refractivity contribution is 7.98. The highest BCUT2D eigenvalue weighted by Gasteiger charge is 2.14. The Morgan fingerprint density at radius 3 is 2.91 bits per heavy atom. The molecule has 3 rings (SSSR count). The van der Waals surface area contributed by atoms with E-state index in [2.05, 4.69) is 14.7 Å². The van der Waals surface area contributed by atoms with Crippen LogP contribution in [-0.4, -0.2) is 21.5 Å². The van der Waals surface area contributed by atoms with E-state index in [0.717, 1.165) is 17.1 Å². The van der Waals surface area contributed by atoms with Gasteiger partial charge in [0.25, 0.3) is 5.91 Å². The topological polar surface area (TPSA) is 85.1 Å². The van der Waals surface area contributed by atoms with Crippen molar-refractivity contribution in [2.75, 3.05) is 11.6 Å². The number of aryl methyl sites for hydroxylation is 1. The van der Waals surface area contributed by atoms with E-state index in [1.807, 2.05) is 19.2 Å². The van der Waals surface area contributed by atoms with Crippen molar-refractivity contribution < 1.29 is 9.21 Å². The third-order valence-electron chi connectivity index (χ3n) is 2.92. The van der Waals surface area contributed by atoms with E-state index >= 15 is 0 Å². The van der Waals surface area contributed by atoms with Crippen molar-refractivity contribution >= 4 is 45.3 Å². The minimum atomic E-state index is -0.524. The lowest BCUT2D eigenvalue weighted by molar-refractivity contribution is 0.0997. The molecule has 0 aliphatic carbocycles. The highest BCUT2D eigenvalue weighted by atomic mass is 32.2. The van der Waals surface area contributed by atoms with E-state index in [1.165, 1.54) is 17.8 Å². The fourth-order valence-electron chi connectivity index (χ4n) is 1.88. The molecule has 22 heavy (non-hydrogen) atoms. The van der Waals surface area contributed by atoms with Crippen molar-refractivity contribution in [2.45, 2.75) is 12.1 Å². The zero-order chi connectivity index (χ0) is 15.7. The number of nitrogens with one attached hydrogen (secondary N) is 1. The van der Waals surface area contributed by atoms with Crippen LogP contribution in [0.15, 0.2) is 38.6 Å². The molecule has 0 fully saturated rings. The van der Waals surface area contributed by atoms with Crippen molar-refractivity contribution in [3.05, 3.63) is 45.8 Å². The summed E-state index contributed by atoms with van der Waals surface area (Å²) >= 11 is 2.46. The van der Waals surface area contributed by atoms with E-state index in [9.17, 15) is 9.59 Å². The summed E-state index contributed by atoms with van der Waals surface area (Å²) in [6.07, 6.45) is 1.85. The highest BCUT2D eigenvalue weighted by Crippen LogP contribution is 2.19. The zero-order valence-electron chi connectivity index (χ0n) is 11.7. The van der Waals surface area contributed by atoms with Crippen LogP contribution in [0.2, 0.25) is 0 Å². The Balaban J connectivity index is 1.95. The Kier molecular flexibility index (Phi) is 3.95. The third kappa shape index (κ3) is 2.88. The molecule has 0 spiro atoms. The van der Waals surface area contributed by atoms with Crippen molar-refractivity contribution in [2.24, 2.45) is 0 Å². The summed E-state index contributed by atoms with van der Waals surface area (Å²) in [7, 11) is 0. The average molecular weight is 333 g/mol. The lowest BCUT2D eigenvalue weighted by Crippen LogP contribution is -2.14. The van der Waals surface area contributed by atoms with E-state index < -0.39 is 5.91 Å². The van der Waals surface area contributed by atoms with Gasteiger partial charge >= 0.3 is 0 Å². The first-order valence-electron chi connectivity index (χ1n) is 6.30. The summed E-state index contributed by atoms with van der Waals surface area (Å²) in [5.74, 6) is -0.576. The zero-order valence-corrected chi connectivity index (χ0v) is 13.4. The lowest BCUT2D eigenvalue weighted by atomic mass is 10.1. The van der Waals surface area contributed by atoms with Gasteiger partial charge in [-0.15, -0.1) is 0 Å². The number of fused-ring (bicyclic) bond motifs is 1. The standard InChI is InChI=1S/C14H11N3O3S2/c1-7-3-4-8-9(18)6-11(20-10(8)5-7)12(19)15-13-16-14(21-2)17-22-13/h3-6H,1-2H3,(H,15,16,17,19). The van der Waals surface area contributed by atoms with Gasteiger partial charge < -0.3 is 4.42 Å². The Bertz CT molecular complexity index is 917. The summed E-state index contributed by atoms with van der Waals surface area (Å²) in [6.45, 7) is 1.89. The third-order valence-corrected chi connectivity index (χ3v) is 4.21. The van der Waals surface area contributed by atoms with Crippen LogP contribution in [0.1, 0.15) is 16.1 Å². The normalized spacial score (nSPS) is 10.8. The fraction of sp³-hybridized carbons (Fsp3) is 0.143. The van der Waals surface area contributed by atoms with Crippen molar-refractivity contribution in [1.29, 1.82) is 0 Å². The predicted octanol–water partition coefficient (Wildman–Crippen LogP) is 2.93. The second-order valence-electron chi connectivity index (χ2n) is 4.51. The number of amides is 1. The number of hydrogen-bond acceptors (Lipinski definition) is 7. The number of aromatic nitrogens is 2. The first-order chi connectivity index (χ1) is 10.6. The summed E-state index contributed by atoms with van der Waals surface area (Å²) in [5, 5.41) is 3.97. The van der Waals surface area contributed by atoms with Gasteiger partial charge in [0.15, 0.2) is 11.2 Å². The maximum absolute atomic E-state index is 12.2. The van der Waals surface area contributed by atoms with Crippen molar-refractivity contribution in [3.8, 4) is 0 Å². The molecule has 2 heterocycles. The van der Waals surface area contributed by atoms with Gasteiger partial charge in [0.05, 0.1) is 5.39 Å². The number of benzene rings is 1. The fourth-order valence-corrected chi connectivity index (χ4v) is 3.00. The molecule has 1 N–H and O–H groups in total. The number of carbonyl (C=O) groups is 1. The van der Waals surface area contributed by atoms with Crippen LogP contribution in [-0.2, 0) is 0 Å². The smallest absolute Gasteiger partial charge is 0.293 e. The molecule has 6 nitrogen and oxygen atoms in total. The average Bonchev–Trinajstić information content (AvgIpc) is 2.94. The summed E-state index contributed by atoms with van der Waals surface area (Å²) in [6, 6.07) is 6.42. The molecule has 0 radical (unpaired) electrons. The van der Waals surface area contributed by atoms with Crippen LogP contribution < -0.4 is 10.7 Å². The molecule has 112 valence electrons. The Hall–Kier alpha value is -2.19. The number of rotatable bonds is 3. The quantitative estimate of drug-likeness (QED) is 0.742. The second-order valence-corrected chi connectivity index (χ2v) is 6.04. The molecule has 0 saturated carbocycles. The molecule has 0 aliphatic rings. The van der Waals surface area contributed by atoms with Gasteiger partial charge in [0.2, 0.25) is 10.3 Å². The monoisotopic (exact) mass is 333 g/mol. The lowest BCUT2D eigenvalue weighted by Gasteiger charge is -2.03. The maximum atomic E-state index is 12.2. The van der Waals surface area contributed by atoms with Gasteiger partial charge in [-0.1, -0.05) is 17.8 Å². The first-order valence-corrected chi connectivity index (χ1v) is 8.30. The van der Waals surface area contributed by atoms with E-state index in [-0.39, 0.29) is 11.2 Å². The molecule has 1 aromatic carbocycles. The van der Waals surface area contributed by atoms with Gasteiger partial charge in [-0.25, -0.2) is 0 Å². The molecule has 0 saturated heterocycles. The molecule has 0 unspecified atom stereocenters. The molecule has 3 aromatic rings. The van der Waals surface area contributed by atoms with Gasteiger partial charge in [0, 0.05) is 17.6 Å². The second kappa shape index (κ2) is 5.90. The van der Waals surface area contributed by atoms with Gasteiger partial charge in [-0.2, -0.15) is 9.36 Å². The van der Waals surface area contributed by atoms with Crippen LogP contribution >= 0.6 is 23.3 Å². The number of anilines is 1. The molecule has 0 aliphatic heterocycles. The Labute approximate surface area is 133 Å². The number of thioether (sulfide) groups is 1. The van der Waals surface area contributed by atoms with Crippen LogP contribution in [0.3, 0.4) is 0 Å². The minimum Gasteiger partial charge on any atom is -0.451 e. The molecular formula is C14H11N3O3S2. The number of hydrogen-bond donors (Lipinski definition) is 1. The summed E-state index contributed by atoms with van der Waals surface area (Å²) in [5.41, 5.74) is 1.08. The van der Waals surface area contributed by atoms with Gasteiger partial charge in [0.1, 0.15) is 5.58 Å². The largest absolute Gasteiger partial charge is 0.451 e. The van der Waals surface area contributed by atoms with Gasteiger partial charge in [-0.3, -0.25) is 14.9 Å². The molecule has 0 bridgehead atoms. The first kappa shape index (κ1) is 14.7. The van der Waals surface area contributed by atoms with Crippen LogP contribution in [0.5, 0.6) is 0 Å². The van der Waals surface area contributed by atoms with Crippen molar-refractivity contribution in [3.63, 3.8) is 0 Å². The Morgan fingerprint density at radius 1 is 1.36 bits per heavy atom. The van der Waals surface area contributed by atoms with E-state index in [4.69, 9.17) is 4.42 Å². The van der Waals surface area contributed by atoms with Crippen molar-refractivity contribution in [1.82, 2.24) is 9.36 Å². The SMILES string of the molecule is CSc1nsc(NC(=O)c2cc(=O)c3ccc(C)cc3o2)n1. The molecule has 2 aromatic heterocycles. The minimum absolute atomic E-state index is 0.0519. The predicted molar refractivity (Wildman–Crippen MR) is 86.9 cm³/mol. The molecular weight excluding hydrogens is 322 g/mol. The molecule has 1 amide bonds. The number of carbonyl (C=O) groups excluding carboxylic acids is 1. The van der Waals surface area contributed by atoms with Crippen LogP contribution in [0.4, 0.5) is 5.13 Å². The maximum Gasteiger partial charge on any atom is 0.293 e.